The number of benzene rings is 3. The van der Waals surface area contributed by atoms with E-state index in [2.05, 4.69) is 17.1 Å². The van der Waals surface area contributed by atoms with Gasteiger partial charge in [0.1, 0.15) is 0 Å². The molecule has 1 heterocycles. The number of ketones is 1. The molecule has 0 atom stereocenters. The molecule has 4 heteroatoms. The van der Waals surface area contributed by atoms with Gasteiger partial charge < -0.3 is 0 Å². The molecule has 0 fully saturated rings. The molecule has 2 nitrogen and oxygen atoms in total. The van der Waals surface area contributed by atoms with Crippen LogP contribution in [0, 0.1) is 0 Å². The van der Waals surface area contributed by atoms with Crippen molar-refractivity contribution in [2.45, 2.75) is 0 Å². The fraction of sp³-hybridized carbons (Fsp3) is 0. The molecule has 0 radical (unpaired) electrons. The van der Waals surface area contributed by atoms with Crippen LogP contribution in [-0.4, -0.2) is 10.8 Å². The minimum absolute atomic E-state index is 0.0676. The van der Waals surface area contributed by atoms with Crippen molar-refractivity contribution in [2.75, 3.05) is 0 Å². The molecule has 0 spiro atoms. The zero-order chi connectivity index (χ0) is 15.1. The second-order valence-electron chi connectivity index (χ2n) is 4.99. The second-order valence-corrected chi connectivity index (χ2v) is 6.46. The van der Waals surface area contributed by atoms with Crippen molar-refractivity contribution in [1.82, 2.24) is 4.98 Å². The summed E-state index contributed by atoms with van der Waals surface area (Å²) in [6.45, 7) is 0. The topological polar surface area (TPSA) is 30.0 Å². The molecule has 106 valence electrons. The van der Waals surface area contributed by atoms with Gasteiger partial charge in [-0.05, 0) is 35.7 Å². The number of fused-ring (bicyclic) bond motifs is 3. The number of carbonyl (C=O) groups is 1. The van der Waals surface area contributed by atoms with Gasteiger partial charge in [0.05, 0.1) is 10.2 Å². The summed E-state index contributed by atoms with van der Waals surface area (Å²) < 4.78 is 1.02. The van der Waals surface area contributed by atoms with Crippen molar-refractivity contribution in [3.63, 3.8) is 0 Å². The average molecular weight is 324 g/mol. The third-order valence-corrected chi connectivity index (χ3v) is 4.86. The number of hydrogen-bond donors (Lipinski definition) is 0. The summed E-state index contributed by atoms with van der Waals surface area (Å²) in [5.41, 5.74) is 1.49. The van der Waals surface area contributed by atoms with Crippen LogP contribution >= 0.6 is 22.9 Å². The van der Waals surface area contributed by atoms with E-state index < -0.39 is 0 Å². The molecule has 0 aliphatic heterocycles. The number of thiazole rings is 1. The Morgan fingerprint density at radius 2 is 1.73 bits per heavy atom. The molecule has 4 aromatic rings. The van der Waals surface area contributed by atoms with Crippen LogP contribution in [0.4, 0.5) is 0 Å². The Hall–Kier alpha value is -2.23. The number of aromatic nitrogens is 1. The molecule has 0 saturated heterocycles. The Labute approximate surface area is 136 Å². The fourth-order valence-corrected chi connectivity index (χ4v) is 3.55. The summed E-state index contributed by atoms with van der Waals surface area (Å²) in [4.78, 5) is 17.1. The van der Waals surface area contributed by atoms with Gasteiger partial charge in [0.2, 0.25) is 5.78 Å². The van der Waals surface area contributed by atoms with Gasteiger partial charge in [-0.2, -0.15) is 0 Å². The number of halogens is 1. The van der Waals surface area contributed by atoms with Crippen LogP contribution in [0.2, 0.25) is 5.02 Å². The summed E-state index contributed by atoms with van der Waals surface area (Å²) in [5, 5.41) is 3.33. The average Bonchev–Trinajstić information content (AvgIpc) is 2.99. The largest absolute Gasteiger partial charge is 0.286 e. The van der Waals surface area contributed by atoms with E-state index in [1.54, 1.807) is 24.3 Å². The maximum Gasteiger partial charge on any atom is 0.221 e. The van der Waals surface area contributed by atoms with Gasteiger partial charge in [0.15, 0.2) is 5.01 Å². The summed E-state index contributed by atoms with van der Waals surface area (Å²) in [6.07, 6.45) is 0. The normalized spacial score (nSPS) is 11.1. The quantitative estimate of drug-likeness (QED) is 0.466. The molecular formula is C18H10ClNOS. The highest BCUT2D eigenvalue weighted by Gasteiger charge is 2.15. The van der Waals surface area contributed by atoms with Gasteiger partial charge in [-0.15, -0.1) is 11.3 Å². The summed E-state index contributed by atoms with van der Waals surface area (Å²) in [6, 6.07) is 19.1. The molecule has 0 aliphatic rings. The molecule has 4 rings (SSSR count). The summed E-state index contributed by atoms with van der Waals surface area (Å²) >= 11 is 7.29. The third-order valence-electron chi connectivity index (χ3n) is 3.58. The minimum Gasteiger partial charge on any atom is -0.286 e. The van der Waals surface area contributed by atoms with Crippen molar-refractivity contribution < 1.29 is 4.79 Å². The lowest BCUT2D eigenvalue weighted by molar-refractivity contribution is 0.103. The monoisotopic (exact) mass is 323 g/mol. The van der Waals surface area contributed by atoms with Gasteiger partial charge in [0.25, 0.3) is 0 Å². The van der Waals surface area contributed by atoms with Crippen molar-refractivity contribution in [3.8, 4) is 0 Å². The minimum atomic E-state index is -0.0676. The van der Waals surface area contributed by atoms with Crippen molar-refractivity contribution in [3.05, 3.63) is 76.3 Å². The standard InChI is InChI=1S/C18H10ClNOS/c19-13-8-5-12(6-9-13)17(21)18-20-16-14-4-2-1-3-11(14)7-10-15(16)22-18/h1-10H. The second kappa shape index (κ2) is 5.20. The molecule has 0 bridgehead atoms. The smallest absolute Gasteiger partial charge is 0.221 e. The van der Waals surface area contributed by atoms with E-state index in [1.807, 2.05) is 24.3 Å². The van der Waals surface area contributed by atoms with Crippen molar-refractivity contribution >= 4 is 49.7 Å². The molecule has 0 saturated carbocycles. The molecule has 0 unspecified atom stereocenters. The highest BCUT2D eigenvalue weighted by molar-refractivity contribution is 7.20. The van der Waals surface area contributed by atoms with Gasteiger partial charge in [-0.3, -0.25) is 4.79 Å². The Morgan fingerprint density at radius 3 is 2.55 bits per heavy atom. The van der Waals surface area contributed by atoms with Gasteiger partial charge in [-0.1, -0.05) is 41.9 Å². The number of carbonyl (C=O) groups excluding carboxylic acids is 1. The zero-order valence-electron chi connectivity index (χ0n) is 11.4. The van der Waals surface area contributed by atoms with E-state index in [9.17, 15) is 4.79 Å². The van der Waals surface area contributed by atoms with Crippen molar-refractivity contribution in [2.24, 2.45) is 0 Å². The third kappa shape index (κ3) is 2.19. The van der Waals surface area contributed by atoms with Gasteiger partial charge in [0, 0.05) is 16.0 Å². The first-order valence-corrected chi connectivity index (χ1v) is 8.00. The van der Waals surface area contributed by atoms with E-state index >= 15 is 0 Å². The van der Waals surface area contributed by atoms with Gasteiger partial charge in [-0.25, -0.2) is 4.98 Å². The van der Waals surface area contributed by atoms with E-state index in [0.29, 0.717) is 15.6 Å². The van der Waals surface area contributed by atoms with Crippen LogP contribution in [0.15, 0.2) is 60.7 Å². The SMILES string of the molecule is O=C(c1ccc(Cl)cc1)c1nc2c(ccc3ccccc32)s1. The highest BCUT2D eigenvalue weighted by atomic mass is 35.5. The van der Waals surface area contributed by atoms with Gasteiger partial charge >= 0.3 is 0 Å². The molecule has 0 N–H and O–H groups in total. The van der Waals surface area contributed by atoms with Crippen LogP contribution in [0.25, 0.3) is 21.0 Å². The number of nitrogens with zero attached hydrogens (tertiary/aromatic N) is 1. The summed E-state index contributed by atoms with van der Waals surface area (Å²) in [7, 11) is 0. The first-order valence-electron chi connectivity index (χ1n) is 6.81. The van der Waals surface area contributed by atoms with Crippen LogP contribution < -0.4 is 0 Å². The fourth-order valence-electron chi connectivity index (χ4n) is 2.48. The number of rotatable bonds is 2. The van der Waals surface area contributed by atoms with Crippen LogP contribution in [0.1, 0.15) is 15.4 Å². The Bertz CT molecular complexity index is 1000. The van der Waals surface area contributed by atoms with Crippen LogP contribution in [0.5, 0.6) is 0 Å². The lowest BCUT2D eigenvalue weighted by Gasteiger charge is -1.97. The molecular weight excluding hydrogens is 314 g/mol. The lowest BCUT2D eigenvalue weighted by atomic mass is 10.1. The molecule has 0 aliphatic carbocycles. The highest BCUT2D eigenvalue weighted by Crippen LogP contribution is 2.30. The molecule has 0 amide bonds. The zero-order valence-corrected chi connectivity index (χ0v) is 13.0. The number of hydrogen-bond acceptors (Lipinski definition) is 3. The Morgan fingerprint density at radius 1 is 0.955 bits per heavy atom. The first kappa shape index (κ1) is 13.4. The van der Waals surface area contributed by atoms with Crippen LogP contribution in [-0.2, 0) is 0 Å². The van der Waals surface area contributed by atoms with E-state index in [4.69, 9.17) is 11.6 Å². The molecule has 22 heavy (non-hydrogen) atoms. The van der Waals surface area contributed by atoms with E-state index in [-0.39, 0.29) is 5.78 Å². The maximum atomic E-state index is 12.6. The molecule has 3 aromatic carbocycles. The van der Waals surface area contributed by atoms with Crippen LogP contribution in [0.3, 0.4) is 0 Å². The predicted molar refractivity (Wildman–Crippen MR) is 92.0 cm³/mol. The van der Waals surface area contributed by atoms with Crippen molar-refractivity contribution in [1.29, 1.82) is 0 Å². The maximum absolute atomic E-state index is 12.6. The Balaban J connectivity index is 1.87. The van der Waals surface area contributed by atoms with E-state index in [1.165, 1.54) is 11.3 Å². The molecule has 1 aromatic heterocycles. The van der Waals surface area contributed by atoms with E-state index in [0.717, 1.165) is 21.0 Å². The Kier molecular flexibility index (Phi) is 3.17. The predicted octanol–water partition coefficient (Wildman–Crippen LogP) is 5.33. The first-order chi connectivity index (χ1) is 10.7. The summed E-state index contributed by atoms with van der Waals surface area (Å²) in [5.74, 6) is -0.0676. The lowest BCUT2D eigenvalue weighted by Crippen LogP contribution is -1.99.